The van der Waals surface area contributed by atoms with Crippen LogP contribution in [0.15, 0.2) is 0 Å². The predicted octanol–water partition coefficient (Wildman–Crippen LogP) is 1.73. The van der Waals surface area contributed by atoms with Gasteiger partial charge in [-0.2, -0.15) is 0 Å². The normalized spacial score (nSPS) is 28.8. The number of hydrogen-bond donors (Lipinski definition) is 1. The molecule has 0 spiro atoms. The molecule has 0 aromatic heterocycles. The molecule has 1 N–H and O–H groups in total. The molecule has 100 valence electrons. The van der Waals surface area contributed by atoms with Gasteiger partial charge < -0.3 is 10.1 Å². The molecule has 0 amide bonds. The molecule has 3 heteroatoms. The molecule has 1 atom stereocenters. The third kappa shape index (κ3) is 4.23. The van der Waals surface area contributed by atoms with E-state index in [1.54, 1.807) is 0 Å². The lowest BCUT2D eigenvalue weighted by atomic mass is 9.95. The minimum Gasteiger partial charge on any atom is -0.378 e. The van der Waals surface area contributed by atoms with Crippen LogP contribution in [0.4, 0.5) is 0 Å². The summed E-state index contributed by atoms with van der Waals surface area (Å²) in [5, 5.41) is 3.45. The molecule has 1 unspecified atom stereocenters. The second kappa shape index (κ2) is 6.72. The summed E-state index contributed by atoms with van der Waals surface area (Å²) in [6.07, 6.45) is 3.99. The van der Waals surface area contributed by atoms with E-state index in [1.165, 1.54) is 38.9 Å². The highest BCUT2D eigenvalue weighted by atomic mass is 16.5. The van der Waals surface area contributed by atoms with Gasteiger partial charge in [0.1, 0.15) is 0 Å². The molecule has 2 saturated heterocycles. The first-order valence-electron chi connectivity index (χ1n) is 7.28. The lowest BCUT2D eigenvalue weighted by molar-refractivity contribution is -0.0229. The van der Waals surface area contributed by atoms with Crippen LogP contribution < -0.4 is 5.32 Å². The molecule has 0 saturated carbocycles. The van der Waals surface area contributed by atoms with Gasteiger partial charge in [0.15, 0.2) is 0 Å². The molecule has 0 radical (unpaired) electrons. The molecule has 2 aliphatic rings. The number of morpholine rings is 1. The topological polar surface area (TPSA) is 24.5 Å². The number of nitrogens with one attached hydrogen (secondary N) is 1. The fraction of sp³-hybridized carbons (Fsp3) is 1.00. The van der Waals surface area contributed by atoms with Gasteiger partial charge in [0.05, 0.1) is 13.2 Å². The van der Waals surface area contributed by atoms with Crippen molar-refractivity contribution >= 4 is 0 Å². The Labute approximate surface area is 106 Å². The van der Waals surface area contributed by atoms with Crippen molar-refractivity contribution in [1.82, 2.24) is 10.2 Å². The zero-order chi connectivity index (χ0) is 12.1. The van der Waals surface area contributed by atoms with Gasteiger partial charge in [-0.05, 0) is 44.2 Å². The molecule has 3 nitrogen and oxygen atoms in total. The first-order chi connectivity index (χ1) is 8.25. The standard InChI is InChI=1S/C14H28N2O/c1-12(2)9-14-11-17-8-7-16(14)10-13-3-5-15-6-4-13/h12-15H,3-11H2,1-2H3. The molecule has 0 bridgehead atoms. The van der Waals surface area contributed by atoms with Crippen molar-refractivity contribution in [2.24, 2.45) is 11.8 Å². The van der Waals surface area contributed by atoms with Crippen LogP contribution >= 0.6 is 0 Å². The Morgan fingerprint density at radius 2 is 2.06 bits per heavy atom. The molecule has 17 heavy (non-hydrogen) atoms. The number of piperidine rings is 1. The van der Waals surface area contributed by atoms with Crippen molar-refractivity contribution in [2.75, 3.05) is 39.4 Å². The van der Waals surface area contributed by atoms with Gasteiger partial charge in [-0.15, -0.1) is 0 Å². The van der Waals surface area contributed by atoms with Crippen LogP contribution in [0, 0.1) is 11.8 Å². The Balaban J connectivity index is 1.82. The summed E-state index contributed by atoms with van der Waals surface area (Å²) in [6.45, 7) is 11.4. The van der Waals surface area contributed by atoms with Crippen LogP contribution in [0.1, 0.15) is 33.1 Å². The maximum absolute atomic E-state index is 5.65. The zero-order valence-electron chi connectivity index (χ0n) is 11.5. The minimum atomic E-state index is 0.665. The summed E-state index contributed by atoms with van der Waals surface area (Å²) in [5.41, 5.74) is 0. The lowest BCUT2D eigenvalue weighted by Gasteiger charge is -2.39. The average molecular weight is 240 g/mol. The van der Waals surface area contributed by atoms with Crippen LogP contribution in [-0.4, -0.2) is 50.3 Å². The van der Waals surface area contributed by atoms with Crippen molar-refractivity contribution in [2.45, 2.75) is 39.2 Å². The second-order valence-corrected chi connectivity index (χ2v) is 6.05. The Morgan fingerprint density at radius 1 is 1.29 bits per heavy atom. The first-order valence-corrected chi connectivity index (χ1v) is 7.28. The summed E-state index contributed by atoms with van der Waals surface area (Å²) in [7, 11) is 0. The van der Waals surface area contributed by atoms with Gasteiger partial charge in [-0.25, -0.2) is 0 Å². The van der Waals surface area contributed by atoms with E-state index in [1.807, 2.05) is 0 Å². The fourth-order valence-corrected chi connectivity index (χ4v) is 3.09. The SMILES string of the molecule is CC(C)CC1COCCN1CC1CCNCC1. The third-order valence-electron chi connectivity index (χ3n) is 4.04. The number of rotatable bonds is 4. The summed E-state index contributed by atoms with van der Waals surface area (Å²) in [4.78, 5) is 2.69. The second-order valence-electron chi connectivity index (χ2n) is 6.05. The van der Waals surface area contributed by atoms with E-state index in [0.717, 1.165) is 31.6 Å². The van der Waals surface area contributed by atoms with E-state index in [9.17, 15) is 0 Å². The van der Waals surface area contributed by atoms with Gasteiger partial charge in [-0.3, -0.25) is 4.90 Å². The summed E-state index contributed by atoms with van der Waals surface area (Å²) in [5.74, 6) is 1.68. The minimum absolute atomic E-state index is 0.665. The van der Waals surface area contributed by atoms with E-state index < -0.39 is 0 Å². The molecule has 0 aromatic carbocycles. The van der Waals surface area contributed by atoms with Gasteiger partial charge in [0.2, 0.25) is 0 Å². The van der Waals surface area contributed by atoms with Crippen molar-refractivity contribution in [3.05, 3.63) is 0 Å². The summed E-state index contributed by atoms with van der Waals surface area (Å²) >= 11 is 0. The molecule has 2 rings (SSSR count). The Bertz CT molecular complexity index is 214. The van der Waals surface area contributed by atoms with Crippen LogP contribution in [0.5, 0.6) is 0 Å². The number of hydrogen-bond acceptors (Lipinski definition) is 3. The fourth-order valence-electron chi connectivity index (χ4n) is 3.09. The number of ether oxygens (including phenoxy) is 1. The van der Waals surface area contributed by atoms with E-state index in [0.29, 0.717) is 6.04 Å². The Hall–Kier alpha value is -0.120. The van der Waals surface area contributed by atoms with E-state index in [-0.39, 0.29) is 0 Å². The monoisotopic (exact) mass is 240 g/mol. The maximum Gasteiger partial charge on any atom is 0.0622 e. The van der Waals surface area contributed by atoms with Gasteiger partial charge in [-0.1, -0.05) is 13.8 Å². The van der Waals surface area contributed by atoms with Crippen molar-refractivity contribution < 1.29 is 4.74 Å². The summed E-state index contributed by atoms with van der Waals surface area (Å²) < 4.78 is 5.65. The van der Waals surface area contributed by atoms with E-state index in [2.05, 4.69) is 24.1 Å². The Morgan fingerprint density at radius 3 is 2.76 bits per heavy atom. The van der Waals surface area contributed by atoms with Gasteiger partial charge in [0, 0.05) is 19.1 Å². The quantitative estimate of drug-likeness (QED) is 0.810. The predicted molar refractivity (Wildman–Crippen MR) is 71.2 cm³/mol. The molecule has 0 aliphatic carbocycles. The molecule has 2 aliphatic heterocycles. The van der Waals surface area contributed by atoms with Crippen molar-refractivity contribution in [3.63, 3.8) is 0 Å². The smallest absolute Gasteiger partial charge is 0.0622 e. The van der Waals surface area contributed by atoms with Crippen LogP contribution in [0.2, 0.25) is 0 Å². The van der Waals surface area contributed by atoms with Crippen molar-refractivity contribution in [1.29, 1.82) is 0 Å². The molecule has 0 aromatic rings. The maximum atomic E-state index is 5.65. The highest BCUT2D eigenvalue weighted by molar-refractivity contribution is 4.80. The Kier molecular flexibility index (Phi) is 5.26. The average Bonchev–Trinajstić information content (AvgIpc) is 2.32. The number of nitrogens with zero attached hydrogens (tertiary/aromatic N) is 1. The lowest BCUT2D eigenvalue weighted by Crippen LogP contribution is -2.49. The first kappa shape index (κ1) is 13.3. The van der Waals surface area contributed by atoms with E-state index >= 15 is 0 Å². The molecule has 2 fully saturated rings. The summed E-state index contributed by atoms with van der Waals surface area (Å²) in [6, 6.07) is 0.665. The molecular weight excluding hydrogens is 212 g/mol. The molecular formula is C14H28N2O. The largest absolute Gasteiger partial charge is 0.378 e. The van der Waals surface area contributed by atoms with Gasteiger partial charge in [0.25, 0.3) is 0 Å². The zero-order valence-corrected chi connectivity index (χ0v) is 11.5. The van der Waals surface area contributed by atoms with Crippen LogP contribution in [0.3, 0.4) is 0 Å². The third-order valence-corrected chi connectivity index (χ3v) is 4.04. The van der Waals surface area contributed by atoms with Gasteiger partial charge >= 0.3 is 0 Å². The molecule has 2 heterocycles. The highest BCUT2D eigenvalue weighted by Crippen LogP contribution is 2.20. The van der Waals surface area contributed by atoms with Crippen LogP contribution in [0.25, 0.3) is 0 Å². The van der Waals surface area contributed by atoms with Crippen molar-refractivity contribution in [3.8, 4) is 0 Å². The highest BCUT2D eigenvalue weighted by Gasteiger charge is 2.26. The van der Waals surface area contributed by atoms with E-state index in [4.69, 9.17) is 4.74 Å². The van der Waals surface area contributed by atoms with Crippen LogP contribution in [-0.2, 0) is 4.74 Å².